The zero-order valence-corrected chi connectivity index (χ0v) is 12.2. The summed E-state index contributed by atoms with van der Waals surface area (Å²) < 4.78 is 5.90. The maximum Gasteiger partial charge on any atom is 0.126 e. The van der Waals surface area contributed by atoms with Crippen LogP contribution in [0.1, 0.15) is 50.7 Å². The molecule has 2 atom stereocenters. The third kappa shape index (κ3) is 2.38. The standard InChI is InChI=1S/C17H25NO/c1-3-10-18-14-7-9-17(2,12-14)15-6-4-5-13-8-11-19-16(13)15/h4-6,14,18H,3,7-12H2,1-2H3. The monoisotopic (exact) mass is 259 g/mol. The highest BCUT2D eigenvalue weighted by Crippen LogP contribution is 2.46. The van der Waals surface area contributed by atoms with Gasteiger partial charge in [-0.3, -0.25) is 0 Å². The number of benzene rings is 1. The fraction of sp³-hybridized carbons (Fsp3) is 0.647. The topological polar surface area (TPSA) is 21.3 Å². The van der Waals surface area contributed by atoms with Crippen LogP contribution in [0.25, 0.3) is 0 Å². The van der Waals surface area contributed by atoms with Crippen molar-refractivity contribution in [3.8, 4) is 5.75 Å². The Balaban J connectivity index is 1.81. The molecule has 1 heterocycles. The van der Waals surface area contributed by atoms with Gasteiger partial charge in [0.1, 0.15) is 5.75 Å². The Kier molecular flexibility index (Phi) is 3.53. The Morgan fingerprint density at radius 3 is 3.16 bits per heavy atom. The predicted octanol–water partition coefficient (Wildman–Crippen LogP) is 3.43. The smallest absolute Gasteiger partial charge is 0.126 e. The van der Waals surface area contributed by atoms with Gasteiger partial charge in [0.05, 0.1) is 6.61 Å². The van der Waals surface area contributed by atoms with Gasteiger partial charge in [-0.25, -0.2) is 0 Å². The van der Waals surface area contributed by atoms with Crippen LogP contribution in [-0.4, -0.2) is 19.2 Å². The largest absolute Gasteiger partial charge is 0.493 e. The van der Waals surface area contributed by atoms with Crippen molar-refractivity contribution in [3.05, 3.63) is 29.3 Å². The van der Waals surface area contributed by atoms with Crippen molar-refractivity contribution in [2.24, 2.45) is 0 Å². The quantitative estimate of drug-likeness (QED) is 0.894. The molecule has 2 aliphatic rings. The normalized spacial score (nSPS) is 29.3. The average Bonchev–Trinajstić information content (AvgIpc) is 3.03. The summed E-state index contributed by atoms with van der Waals surface area (Å²) in [7, 11) is 0. The van der Waals surface area contributed by atoms with E-state index in [-0.39, 0.29) is 0 Å². The molecule has 1 aliphatic heterocycles. The average molecular weight is 259 g/mol. The highest BCUT2D eigenvalue weighted by molar-refractivity contribution is 5.48. The second-order valence-corrected chi connectivity index (χ2v) is 6.35. The lowest BCUT2D eigenvalue weighted by atomic mass is 9.79. The van der Waals surface area contributed by atoms with Crippen LogP contribution >= 0.6 is 0 Å². The summed E-state index contributed by atoms with van der Waals surface area (Å²) in [5.41, 5.74) is 3.15. The van der Waals surface area contributed by atoms with Gasteiger partial charge in [-0.05, 0) is 43.2 Å². The van der Waals surface area contributed by atoms with E-state index in [0.29, 0.717) is 11.5 Å². The molecule has 1 aromatic rings. The molecule has 0 bridgehead atoms. The molecule has 2 nitrogen and oxygen atoms in total. The van der Waals surface area contributed by atoms with Crippen molar-refractivity contribution in [1.29, 1.82) is 0 Å². The molecule has 2 unspecified atom stereocenters. The summed E-state index contributed by atoms with van der Waals surface area (Å²) in [5.74, 6) is 1.20. The van der Waals surface area contributed by atoms with Gasteiger partial charge in [0, 0.05) is 18.0 Å². The highest BCUT2D eigenvalue weighted by atomic mass is 16.5. The number of para-hydroxylation sites is 1. The first-order chi connectivity index (χ1) is 9.23. The van der Waals surface area contributed by atoms with E-state index in [1.54, 1.807) is 0 Å². The molecule has 1 aliphatic carbocycles. The van der Waals surface area contributed by atoms with Crippen LogP contribution in [-0.2, 0) is 11.8 Å². The van der Waals surface area contributed by atoms with E-state index in [4.69, 9.17) is 4.74 Å². The van der Waals surface area contributed by atoms with Gasteiger partial charge in [-0.1, -0.05) is 32.0 Å². The minimum absolute atomic E-state index is 0.293. The van der Waals surface area contributed by atoms with E-state index >= 15 is 0 Å². The number of rotatable bonds is 4. The summed E-state index contributed by atoms with van der Waals surface area (Å²) in [5, 5.41) is 3.68. The Bertz CT molecular complexity index is 457. The van der Waals surface area contributed by atoms with Crippen LogP contribution in [0.4, 0.5) is 0 Å². The minimum atomic E-state index is 0.293. The summed E-state index contributed by atoms with van der Waals surface area (Å²) in [6.07, 6.45) is 6.11. The molecule has 1 fully saturated rings. The molecule has 0 aromatic heterocycles. The van der Waals surface area contributed by atoms with E-state index in [1.807, 2.05) is 0 Å². The minimum Gasteiger partial charge on any atom is -0.493 e. The molecule has 2 heteroatoms. The number of ether oxygens (including phenoxy) is 1. The first kappa shape index (κ1) is 13.0. The van der Waals surface area contributed by atoms with Gasteiger partial charge in [-0.2, -0.15) is 0 Å². The molecule has 0 saturated heterocycles. The van der Waals surface area contributed by atoms with Crippen molar-refractivity contribution in [2.75, 3.05) is 13.2 Å². The SMILES string of the molecule is CCCNC1CCC(C)(c2cccc3c2OCC3)C1. The molecule has 19 heavy (non-hydrogen) atoms. The number of nitrogens with one attached hydrogen (secondary N) is 1. The second kappa shape index (κ2) is 5.16. The molecular weight excluding hydrogens is 234 g/mol. The van der Waals surface area contributed by atoms with E-state index < -0.39 is 0 Å². The van der Waals surface area contributed by atoms with E-state index in [1.165, 1.54) is 42.6 Å². The number of hydrogen-bond donors (Lipinski definition) is 1. The Hall–Kier alpha value is -1.02. The van der Waals surface area contributed by atoms with Crippen LogP contribution in [0.2, 0.25) is 0 Å². The van der Waals surface area contributed by atoms with Crippen molar-refractivity contribution in [2.45, 2.75) is 57.4 Å². The maximum absolute atomic E-state index is 5.90. The first-order valence-corrected chi connectivity index (χ1v) is 7.71. The third-order valence-corrected chi connectivity index (χ3v) is 4.79. The molecule has 1 aromatic carbocycles. The van der Waals surface area contributed by atoms with Crippen molar-refractivity contribution >= 4 is 0 Å². The van der Waals surface area contributed by atoms with Crippen molar-refractivity contribution in [1.82, 2.24) is 5.32 Å². The van der Waals surface area contributed by atoms with E-state index in [9.17, 15) is 0 Å². The Morgan fingerprint density at radius 2 is 2.32 bits per heavy atom. The molecule has 1 N–H and O–H groups in total. The summed E-state index contributed by atoms with van der Waals surface area (Å²) in [4.78, 5) is 0. The third-order valence-electron chi connectivity index (χ3n) is 4.79. The van der Waals surface area contributed by atoms with Crippen molar-refractivity contribution in [3.63, 3.8) is 0 Å². The van der Waals surface area contributed by atoms with Gasteiger partial charge < -0.3 is 10.1 Å². The van der Waals surface area contributed by atoms with Crippen LogP contribution in [0, 0.1) is 0 Å². The van der Waals surface area contributed by atoms with Crippen molar-refractivity contribution < 1.29 is 4.74 Å². The lowest BCUT2D eigenvalue weighted by molar-refractivity contribution is 0.340. The predicted molar refractivity (Wildman–Crippen MR) is 78.9 cm³/mol. The first-order valence-electron chi connectivity index (χ1n) is 7.71. The molecule has 0 radical (unpaired) electrons. The number of hydrogen-bond acceptors (Lipinski definition) is 2. The Morgan fingerprint density at radius 1 is 1.42 bits per heavy atom. The Labute approximate surface area is 116 Å². The van der Waals surface area contributed by atoms with E-state index in [0.717, 1.165) is 19.6 Å². The summed E-state index contributed by atoms with van der Waals surface area (Å²) >= 11 is 0. The fourth-order valence-electron chi connectivity index (χ4n) is 3.70. The lowest BCUT2D eigenvalue weighted by Crippen LogP contribution is -2.29. The van der Waals surface area contributed by atoms with Gasteiger partial charge in [0.2, 0.25) is 0 Å². The van der Waals surface area contributed by atoms with Gasteiger partial charge >= 0.3 is 0 Å². The van der Waals surface area contributed by atoms with Gasteiger partial charge in [0.25, 0.3) is 0 Å². The zero-order chi connectivity index (χ0) is 13.3. The molecule has 104 valence electrons. The van der Waals surface area contributed by atoms with E-state index in [2.05, 4.69) is 37.4 Å². The maximum atomic E-state index is 5.90. The number of fused-ring (bicyclic) bond motifs is 1. The van der Waals surface area contributed by atoms with Crippen LogP contribution in [0.5, 0.6) is 5.75 Å². The molecule has 0 spiro atoms. The van der Waals surface area contributed by atoms with Crippen LogP contribution in [0.3, 0.4) is 0 Å². The van der Waals surface area contributed by atoms with Gasteiger partial charge in [-0.15, -0.1) is 0 Å². The zero-order valence-electron chi connectivity index (χ0n) is 12.2. The second-order valence-electron chi connectivity index (χ2n) is 6.35. The summed E-state index contributed by atoms with van der Waals surface area (Å²) in [6.45, 7) is 6.65. The highest BCUT2D eigenvalue weighted by Gasteiger charge is 2.39. The summed E-state index contributed by atoms with van der Waals surface area (Å²) in [6, 6.07) is 7.40. The van der Waals surface area contributed by atoms with Gasteiger partial charge in [0.15, 0.2) is 0 Å². The molecule has 1 saturated carbocycles. The van der Waals surface area contributed by atoms with Crippen LogP contribution in [0.15, 0.2) is 18.2 Å². The fourth-order valence-corrected chi connectivity index (χ4v) is 3.70. The molecule has 0 amide bonds. The van der Waals surface area contributed by atoms with Crippen LogP contribution < -0.4 is 10.1 Å². The lowest BCUT2D eigenvalue weighted by Gasteiger charge is -2.27. The molecular formula is C17H25NO. The molecule has 3 rings (SSSR count).